The van der Waals surface area contributed by atoms with Gasteiger partial charge in [0, 0.05) is 23.6 Å². The number of halogens is 3. The van der Waals surface area contributed by atoms with Gasteiger partial charge in [0.2, 0.25) is 5.91 Å². The van der Waals surface area contributed by atoms with Crippen LogP contribution in [-0.4, -0.2) is 40.8 Å². The van der Waals surface area contributed by atoms with Gasteiger partial charge in [-0.25, -0.2) is 0 Å². The van der Waals surface area contributed by atoms with Gasteiger partial charge in [-0.1, -0.05) is 12.1 Å². The molecular weight excluding hydrogens is 303 g/mol. The summed E-state index contributed by atoms with van der Waals surface area (Å²) in [5.74, 6) is 0.775. The van der Waals surface area contributed by atoms with Gasteiger partial charge in [-0.05, 0) is 24.1 Å². The lowest BCUT2D eigenvalue weighted by Gasteiger charge is -2.26. The highest BCUT2D eigenvalue weighted by molar-refractivity contribution is 8.00. The molecule has 2 fully saturated rings. The van der Waals surface area contributed by atoms with E-state index >= 15 is 0 Å². The van der Waals surface area contributed by atoms with Crippen LogP contribution in [0, 0.1) is 0 Å². The van der Waals surface area contributed by atoms with Gasteiger partial charge < -0.3 is 9.64 Å². The predicted octanol–water partition coefficient (Wildman–Crippen LogP) is 2.84. The fourth-order valence-electron chi connectivity index (χ4n) is 2.79. The maximum atomic E-state index is 12.2. The van der Waals surface area contributed by atoms with Crippen LogP contribution < -0.4 is 4.74 Å². The Morgan fingerprint density at radius 1 is 1.33 bits per heavy atom. The standard InChI is InChI=1S/C14H14F3NO2S/c15-14(16,17)20-11-3-1-9(2-4-11)5-13(19)18-7-12-6-10(18)8-21-12/h1-4,10,12H,5-8H2/t10-,12+/m0/s1. The van der Waals surface area contributed by atoms with Gasteiger partial charge in [0.25, 0.3) is 0 Å². The number of benzene rings is 1. The molecule has 3 nitrogen and oxygen atoms in total. The van der Waals surface area contributed by atoms with E-state index in [2.05, 4.69) is 4.74 Å². The molecule has 0 N–H and O–H groups in total. The first kappa shape index (κ1) is 14.6. The minimum atomic E-state index is -4.69. The van der Waals surface area contributed by atoms with Crippen molar-refractivity contribution >= 4 is 17.7 Å². The summed E-state index contributed by atoms with van der Waals surface area (Å²) in [5, 5.41) is 0.557. The van der Waals surface area contributed by atoms with Crippen molar-refractivity contribution in [2.45, 2.75) is 30.5 Å². The maximum absolute atomic E-state index is 12.2. The first-order chi connectivity index (χ1) is 9.90. The summed E-state index contributed by atoms with van der Waals surface area (Å²) in [7, 11) is 0. The van der Waals surface area contributed by atoms with Crippen molar-refractivity contribution < 1.29 is 22.7 Å². The first-order valence-electron chi connectivity index (χ1n) is 6.66. The molecule has 1 aromatic carbocycles. The molecule has 21 heavy (non-hydrogen) atoms. The Kier molecular flexibility index (Phi) is 3.77. The van der Waals surface area contributed by atoms with E-state index in [1.54, 1.807) is 0 Å². The fraction of sp³-hybridized carbons (Fsp3) is 0.500. The van der Waals surface area contributed by atoms with Crippen LogP contribution in [0.3, 0.4) is 0 Å². The maximum Gasteiger partial charge on any atom is 0.573 e. The van der Waals surface area contributed by atoms with E-state index in [4.69, 9.17) is 0 Å². The highest BCUT2D eigenvalue weighted by Crippen LogP contribution is 2.37. The number of likely N-dealkylation sites (tertiary alicyclic amines) is 1. The zero-order chi connectivity index (χ0) is 15.0. The Bertz CT molecular complexity index is 532. The van der Waals surface area contributed by atoms with E-state index in [-0.39, 0.29) is 18.1 Å². The third kappa shape index (κ3) is 3.45. The molecule has 2 heterocycles. The highest BCUT2D eigenvalue weighted by atomic mass is 32.2. The SMILES string of the molecule is O=C(Cc1ccc(OC(F)(F)F)cc1)N1C[C@H]2C[C@H]1CS2. The second-order valence-electron chi connectivity index (χ2n) is 5.26. The van der Waals surface area contributed by atoms with E-state index in [1.807, 2.05) is 16.7 Å². The van der Waals surface area contributed by atoms with E-state index in [9.17, 15) is 18.0 Å². The Labute approximate surface area is 124 Å². The average molecular weight is 317 g/mol. The van der Waals surface area contributed by atoms with Crippen LogP contribution in [0.4, 0.5) is 13.2 Å². The van der Waals surface area contributed by atoms with Crippen LogP contribution in [0.25, 0.3) is 0 Å². The molecule has 2 bridgehead atoms. The molecule has 2 atom stereocenters. The van der Waals surface area contributed by atoms with Crippen molar-refractivity contribution in [1.82, 2.24) is 4.90 Å². The number of carbonyl (C=O) groups excluding carboxylic acids is 1. The zero-order valence-corrected chi connectivity index (χ0v) is 11.9. The normalized spacial score (nSPS) is 24.4. The molecule has 2 aliphatic rings. The highest BCUT2D eigenvalue weighted by Gasteiger charge is 2.40. The van der Waals surface area contributed by atoms with Crippen LogP contribution in [0.5, 0.6) is 5.75 Å². The number of hydrogen-bond acceptors (Lipinski definition) is 3. The van der Waals surface area contributed by atoms with Crippen molar-refractivity contribution in [3.63, 3.8) is 0 Å². The van der Waals surface area contributed by atoms with Crippen LogP contribution in [0.1, 0.15) is 12.0 Å². The molecule has 1 aromatic rings. The Balaban J connectivity index is 1.59. The van der Waals surface area contributed by atoms with Crippen molar-refractivity contribution in [2.75, 3.05) is 12.3 Å². The van der Waals surface area contributed by atoms with Crippen LogP contribution in [0.2, 0.25) is 0 Å². The minimum Gasteiger partial charge on any atom is -0.406 e. The summed E-state index contributed by atoms with van der Waals surface area (Å²) in [5.41, 5.74) is 0.699. The third-order valence-corrected chi connectivity index (χ3v) is 5.12. The molecule has 0 saturated carbocycles. The summed E-state index contributed by atoms with van der Waals surface area (Å²) in [6, 6.07) is 5.81. The summed E-state index contributed by atoms with van der Waals surface area (Å²) >= 11 is 1.91. The van der Waals surface area contributed by atoms with Crippen molar-refractivity contribution in [1.29, 1.82) is 0 Å². The second kappa shape index (κ2) is 5.44. The molecule has 3 rings (SSSR count). The van der Waals surface area contributed by atoms with Crippen molar-refractivity contribution in [3.05, 3.63) is 29.8 Å². The van der Waals surface area contributed by atoms with E-state index in [1.165, 1.54) is 24.3 Å². The Morgan fingerprint density at radius 3 is 2.57 bits per heavy atom. The number of hydrogen-bond donors (Lipinski definition) is 0. The van der Waals surface area contributed by atoms with Crippen LogP contribution in [-0.2, 0) is 11.2 Å². The molecular formula is C14H14F3NO2S. The average Bonchev–Trinajstić information content (AvgIpc) is 3.01. The molecule has 0 radical (unpaired) electrons. The van der Waals surface area contributed by atoms with Gasteiger partial charge >= 0.3 is 6.36 Å². The quantitative estimate of drug-likeness (QED) is 0.858. The summed E-state index contributed by atoms with van der Waals surface area (Å²) in [6.07, 6.45) is -3.40. The number of nitrogens with zero attached hydrogens (tertiary/aromatic N) is 1. The largest absolute Gasteiger partial charge is 0.573 e. The third-order valence-electron chi connectivity index (χ3n) is 3.73. The topological polar surface area (TPSA) is 29.5 Å². The molecule has 0 spiro atoms. The number of amides is 1. The number of ether oxygens (including phenoxy) is 1. The van der Waals surface area contributed by atoms with Gasteiger partial charge in [0.05, 0.1) is 6.42 Å². The van der Waals surface area contributed by atoms with Crippen molar-refractivity contribution in [2.24, 2.45) is 0 Å². The Hall–Kier alpha value is -1.37. The lowest BCUT2D eigenvalue weighted by atomic mass is 10.1. The molecule has 0 unspecified atom stereocenters. The molecule has 2 aliphatic heterocycles. The molecule has 2 saturated heterocycles. The number of carbonyl (C=O) groups is 1. The predicted molar refractivity (Wildman–Crippen MR) is 73.2 cm³/mol. The van der Waals surface area contributed by atoms with Gasteiger partial charge in [-0.3, -0.25) is 4.79 Å². The lowest BCUT2D eigenvalue weighted by Crippen LogP contribution is -2.40. The summed E-state index contributed by atoms with van der Waals surface area (Å²) < 4.78 is 40.0. The Morgan fingerprint density at radius 2 is 2.05 bits per heavy atom. The molecule has 0 aromatic heterocycles. The van der Waals surface area contributed by atoms with E-state index < -0.39 is 6.36 Å². The van der Waals surface area contributed by atoms with Gasteiger partial charge in [-0.2, -0.15) is 11.8 Å². The molecule has 1 amide bonds. The number of rotatable bonds is 3. The summed E-state index contributed by atoms with van der Waals surface area (Å²) in [6.45, 7) is 0.795. The second-order valence-corrected chi connectivity index (χ2v) is 6.59. The van der Waals surface area contributed by atoms with E-state index in [0.717, 1.165) is 18.7 Å². The number of thioether (sulfide) groups is 1. The van der Waals surface area contributed by atoms with Crippen molar-refractivity contribution in [3.8, 4) is 5.75 Å². The lowest BCUT2D eigenvalue weighted by molar-refractivity contribution is -0.274. The molecule has 7 heteroatoms. The zero-order valence-electron chi connectivity index (χ0n) is 11.1. The number of alkyl halides is 3. The van der Waals surface area contributed by atoms with Gasteiger partial charge in [-0.15, -0.1) is 13.2 Å². The van der Waals surface area contributed by atoms with Crippen LogP contribution >= 0.6 is 11.8 Å². The first-order valence-corrected chi connectivity index (χ1v) is 7.71. The monoisotopic (exact) mass is 317 g/mol. The smallest absolute Gasteiger partial charge is 0.406 e. The molecule has 114 valence electrons. The summed E-state index contributed by atoms with van der Waals surface area (Å²) in [4.78, 5) is 14.1. The van der Waals surface area contributed by atoms with Crippen LogP contribution in [0.15, 0.2) is 24.3 Å². The fourth-order valence-corrected chi connectivity index (χ4v) is 4.22. The van der Waals surface area contributed by atoms with Gasteiger partial charge in [0.1, 0.15) is 5.75 Å². The van der Waals surface area contributed by atoms with E-state index in [0.29, 0.717) is 16.9 Å². The number of fused-ring (bicyclic) bond motifs is 2. The van der Waals surface area contributed by atoms with Gasteiger partial charge in [0.15, 0.2) is 0 Å². The molecule has 0 aliphatic carbocycles. The minimum absolute atomic E-state index is 0.0484.